The van der Waals surface area contributed by atoms with Crippen molar-refractivity contribution in [2.75, 3.05) is 5.73 Å². The number of rotatable bonds is 4. The molecule has 4 heteroatoms. The second-order valence-corrected chi connectivity index (χ2v) is 5.41. The van der Waals surface area contributed by atoms with Crippen LogP contribution in [0.2, 0.25) is 5.02 Å². The van der Waals surface area contributed by atoms with E-state index in [1.807, 2.05) is 31.3 Å². The van der Waals surface area contributed by atoms with Gasteiger partial charge in [0.05, 0.1) is 5.69 Å². The highest BCUT2D eigenvalue weighted by Crippen LogP contribution is 2.36. The number of aromatic nitrogens is 2. The summed E-state index contributed by atoms with van der Waals surface area (Å²) in [6, 6.07) is 7.78. The van der Waals surface area contributed by atoms with E-state index >= 15 is 0 Å². The summed E-state index contributed by atoms with van der Waals surface area (Å²) in [5.74, 6) is 1.09. The Morgan fingerprint density at radius 3 is 2.79 bits per heavy atom. The monoisotopic (exact) mass is 277 g/mol. The number of nitrogens with zero attached hydrogens (tertiary/aromatic N) is 2. The van der Waals surface area contributed by atoms with Gasteiger partial charge in [-0.15, -0.1) is 0 Å². The number of benzene rings is 1. The van der Waals surface area contributed by atoms with Gasteiger partial charge in [0, 0.05) is 23.6 Å². The molecule has 0 aliphatic carbocycles. The molecular weight excluding hydrogens is 258 g/mol. The highest BCUT2D eigenvalue weighted by atomic mass is 35.5. The molecule has 0 aliphatic rings. The summed E-state index contributed by atoms with van der Waals surface area (Å²) < 4.78 is 1.75. The van der Waals surface area contributed by atoms with E-state index < -0.39 is 0 Å². The Hall–Kier alpha value is -1.48. The second kappa shape index (κ2) is 5.66. The fourth-order valence-corrected chi connectivity index (χ4v) is 2.60. The molecule has 3 nitrogen and oxygen atoms in total. The zero-order chi connectivity index (χ0) is 14.0. The lowest BCUT2D eigenvalue weighted by molar-refractivity contribution is 0.627. The maximum Gasteiger partial charge on any atom is 0.129 e. The molecule has 0 radical (unpaired) electrons. The first-order valence-corrected chi connectivity index (χ1v) is 7.00. The van der Waals surface area contributed by atoms with Crippen LogP contribution in [0.4, 0.5) is 5.82 Å². The average Bonchev–Trinajstić information content (AvgIpc) is 2.66. The normalized spacial score (nSPS) is 12.6. The van der Waals surface area contributed by atoms with Gasteiger partial charge in [0.15, 0.2) is 0 Å². The summed E-state index contributed by atoms with van der Waals surface area (Å²) in [6.45, 7) is 4.38. The number of halogens is 1. The van der Waals surface area contributed by atoms with Crippen molar-refractivity contribution in [1.29, 1.82) is 0 Å². The molecule has 0 saturated heterocycles. The van der Waals surface area contributed by atoms with Crippen molar-refractivity contribution < 1.29 is 0 Å². The van der Waals surface area contributed by atoms with Gasteiger partial charge in [0.1, 0.15) is 5.82 Å². The van der Waals surface area contributed by atoms with Crippen LogP contribution in [0.25, 0.3) is 11.1 Å². The van der Waals surface area contributed by atoms with E-state index in [2.05, 4.69) is 18.9 Å². The third-order valence-corrected chi connectivity index (χ3v) is 3.66. The molecule has 0 amide bonds. The average molecular weight is 278 g/mol. The van der Waals surface area contributed by atoms with Crippen LogP contribution in [0, 0.1) is 0 Å². The van der Waals surface area contributed by atoms with Crippen LogP contribution in [-0.2, 0) is 7.05 Å². The topological polar surface area (TPSA) is 43.8 Å². The van der Waals surface area contributed by atoms with Crippen molar-refractivity contribution in [1.82, 2.24) is 9.78 Å². The quantitative estimate of drug-likeness (QED) is 0.909. The zero-order valence-corrected chi connectivity index (χ0v) is 12.4. The molecule has 2 rings (SSSR count). The largest absolute Gasteiger partial charge is 0.383 e. The molecule has 102 valence electrons. The maximum atomic E-state index is 6.18. The van der Waals surface area contributed by atoms with Gasteiger partial charge in [0.25, 0.3) is 0 Å². The van der Waals surface area contributed by atoms with Crippen molar-refractivity contribution >= 4 is 17.4 Å². The van der Waals surface area contributed by atoms with E-state index in [0.717, 1.165) is 34.7 Å². The number of hydrogen-bond donors (Lipinski definition) is 1. The van der Waals surface area contributed by atoms with E-state index in [9.17, 15) is 0 Å². The number of anilines is 1. The maximum absolute atomic E-state index is 6.18. The number of nitrogens with two attached hydrogens (primary N) is 1. The Morgan fingerprint density at radius 1 is 1.42 bits per heavy atom. The summed E-state index contributed by atoms with van der Waals surface area (Å²) in [4.78, 5) is 0. The lowest BCUT2D eigenvalue weighted by Gasteiger charge is -2.10. The minimum Gasteiger partial charge on any atom is -0.383 e. The third kappa shape index (κ3) is 2.76. The lowest BCUT2D eigenvalue weighted by Crippen LogP contribution is -1.98. The summed E-state index contributed by atoms with van der Waals surface area (Å²) in [5.41, 5.74) is 9.29. The van der Waals surface area contributed by atoms with Gasteiger partial charge in [-0.25, -0.2) is 0 Å². The Balaban J connectivity index is 2.55. The predicted molar refractivity (Wildman–Crippen MR) is 81.4 cm³/mol. The van der Waals surface area contributed by atoms with Crippen molar-refractivity contribution in [2.45, 2.75) is 32.6 Å². The Bertz CT molecular complexity index is 575. The Kier molecular flexibility index (Phi) is 4.15. The summed E-state index contributed by atoms with van der Waals surface area (Å²) >= 11 is 6.08. The molecule has 0 fully saturated rings. The van der Waals surface area contributed by atoms with E-state index in [0.29, 0.717) is 11.7 Å². The van der Waals surface area contributed by atoms with Gasteiger partial charge in [0.2, 0.25) is 0 Å². The second-order valence-electron chi connectivity index (χ2n) is 4.97. The minimum atomic E-state index is 0.391. The van der Waals surface area contributed by atoms with Crippen LogP contribution in [0.3, 0.4) is 0 Å². The van der Waals surface area contributed by atoms with Gasteiger partial charge >= 0.3 is 0 Å². The standard InChI is InChI=1S/C15H20ClN3/c1-4-6-10(2)14-13(15(17)19(3)18-14)11-7-5-8-12(16)9-11/h5,7-10H,4,6,17H2,1-3H3. The van der Waals surface area contributed by atoms with Crippen LogP contribution in [0.1, 0.15) is 38.3 Å². The Labute approximate surface area is 119 Å². The number of nitrogen functional groups attached to an aromatic ring is 1. The zero-order valence-electron chi connectivity index (χ0n) is 11.7. The van der Waals surface area contributed by atoms with E-state index in [4.69, 9.17) is 17.3 Å². The van der Waals surface area contributed by atoms with Crippen LogP contribution >= 0.6 is 11.6 Å². The smallest absolute Gasteiger partial charge is 0.129 e. The molecule has 1 unspecified atom stereocenters. The van der Waals surface area contributed by atoms with E-state index in [1.165, 1.54) is 0 Å². The van der Waals surface area contributed by atoms with E-state index in [-0.39, 0.29) is 0 Å². The third-order valence-electron chi connectivity index (χ3n) is 3.42. The van der Waals surface area contributed by atoms with Crippen LogP contribution in [-0.4, -0.2) is 9.78 Å². The molecule has 0 spiro atoms. The molecule has 2 N–H and O–H groups in total. The fraction of sp³-hybridized carbons (Fsp3) is 0.400. The van der Waals surface area contributed by atoms with Crippen molar-refractivity contribution in [3.8, 4) is 11.1 Å². The molecule has 1 atom stereocenters. The number of hydrogen-bond acceptors (Lipinski definition) is 2. The molecule has 0 saturated carbocycles. The van der Waals surface area contributed by atoms with Gasteiger partial charge in [-0.3, -0.25) is 4.68 Å². The summed E-state index contributed by atoms with van der Waals surface area (Å²) in [6.07, 6.45) is 2.23. The number of aryl methyl sites for hydroxylation is 1. The molecule has 1 aromatic carbocycles. The predicted octanol–water partition coefficient (Wildman–Crippen LogP) is 4.23. The minimum absolute atomic E-state index is 0.391. The van der Waals surface area contributed by atoms with E-state index in [1.54, 1.807) is 4.68 Å². The van der Waals surface area contributed by atoms with Crippen LogP contribution < -0.4 is 5.73 Å². The first kappa shape index (κ1) is 13.9. The fourth-order valence-electron chi connectivity index (χ4n) is 2.41. The van der Waals surface area contributed by atoms with Crippen LogP contribution in [0.5, 0.6) is 0 Å². The van der Waals surface area contributed by atoms with Gasteiger partial charge in [-0.2, -0.15) is 5.10 Å². The molecular formula is C15H20ClN3. The highest BCUT2D eigenvalue weighted by molar-refractivity contribution is 6.30. The summed E-state index contributed by atoms with van der Waals surface area (Å²) in [7, 11) is 1.88. The van der Waals surface area contributed by atoms with Crippen LogP contribution in [0.15, 0.2) is 24.3 Å². The summed E-state index contributed by atoms with van der Waals surface area (Å²) in [5, 5.41) is 5.30. The lowest BCUT2D eigenvalue weighted by atomic mass is 9.95. The highest BCUT2D eigenvalue weighted by Gasteiger charge is 2.20. The van der Waals surface area contributed by atoms with Gasteiger partial charge in [-0.05, 0) is 24.1 Å². The molecule has 0 aliphatic heterocycles. The Morgan fingerprint density at radius 2 is 2.16 bits per heavy atom. The van der Waals surface area contributed by atoms with Gasteiger partial charge < -0.3 is 5.73 Å². The molecule has 1 heterocycles. The molecule has 19 heavy (non-hydrogen) atoms. The van der Waals surface area contributed by atoms with Crippen molar-refractivity contribution in [3.63, 3.8) is 0 Å². The molecule has 1 aromatic heterocycles. The molecule has 2 aromatic rings. The first-order chi connectivity index (χ1) is 9.04. The SMILES string of the molecule is CCCC(C)c1nn(C)c(N)c1-c1cccc(Cl)c1. The van der Waals surface area contributed by atoms with Gasteiger partial charge in [-0.1, -0.05) is 44.0 Å². The van der Waals surface area contributed by atoms with Crippen molar-refractivity contribution in [2.24, 2.45) is 7.05 Å². The first-order valence-electron chi connectivity index (χ1n) is 6.62. The van der Waals surface area contributed by atoms with Crippen molar-refractivity contribution in [3.05, 3.63) is 35.0 Å². The molecule has 0 bridgehead atoms.